The zero-order valence-corrected chi connectivity index (χ0v) is 11.0. The maximum atomic E-state index is 12.4. The molecule has 2 rings (SSSR count). The summed E-state index contributed by atoms with van der Waals surface area (Å²) in [6.45, 7) is 6.00. The fraction of sp³-hybridized carbons (Fsp3) is 0.500. The first kappa shape index (κ1) is 14.1. The molecule has 2 heterocycles. The number of halogens is 3. The van der Waals surface area contributed by atoms with Crippen LogP contribution in [0.3, 0.4) is 0 Å². The zero-order chi connectivity index (χ0) is 14.0. The topological polar surface area (TPSA) is 16.1 Å². The van der Waals surface area contributed by atoms with E-state index in [4.69, 9.17) is 0 Å². The quantitative estimate of drug-likeness (QED) is 0.816. The summed E-state index contributed by atoms with van der Waals surface area (Å²) in [6.07, 6.45) is -0.0420. The molecule has 1 aromatic heterocycles. The number of hydrogen-bond acceptors (Lipinski definition) is 2. The molecule has 0 atom stereocenters. The van der Waals surface area contributed by atoms with Crippen LogP contribution in [0, 0.1) is 0 Å². The van der Waals surface area contributed by atoms with E-state index < -0.39 is 11.9 Å². The maximum Gasteiger partial charge on any atom is 0.433 e. The minimum atomic E-state index is -4.37. The Labute approximate surface area is 110 Å². The molecule has 19 heavy (non-hydrogen) atoms. The van der Waals surface area contributed by atoms with Gasteiger partial charge in [0.05, 0.1) is 0 Å². The van der Waals surface area contributed by atoms with Crippen LogP contribution < -0.4 is 0 Å². The Kier molecular flexibility index (Phi) is 3.94. The highest BCUT2D eigenvalue weighted by molar-refractivity contribution is 5.67. The van der Waals surface area contributed by atoms with Gasteiger partial charge in [-0.05, 0) is 37.5 Å². The van der Waals surface area contributed by atoms with Crippen molar-refractivity contribution >= 4 is 5.57 Å². The second-order valence-corrected chi connectivity index (χ2v) is 5.01. The molecule has 1 aromatic rings. The molecule has 104 valence electrons. The van der Waals surface area contributed by atoms with Crippen LogP contribution in [0.25, 0.3) is 5.57 Å². The third-order valence-corrected chi connectivity index (χ3v) is 3.34. The number of pyridine rings is 1. The summed E-state index contributed by atoms with van der Waals surface area (Å²) in [6, 6.07) is 2.99. The van der Waals surface area contributed by atoms with Crippen molar-refractivity contribution in [3.8, 4) is 0 Å². The van der Waals surface area contributed by atoms with Gasteiger partial charge >= 0.3 is 6.18 Å². The highest BCUT2D eigenvalue weighted by Gasteiger charge is 2.32. The molecule has 0 fully saturated rings. The molecule has 2 nitrogen and oxygen atoms in total. The molecule has 0 amide bonds. The van der Waals surface area contributed by atoms with Gasteiger partial charge in [0.1, 0.15) is 5.69 Å². The van der Waals surface area contributed by atoms with Gasteiger partial charge < -0.3 is 0 Å². The van der Waals surface area contributed by atoms with Crippen molar-refractivity contribution in [2.75, 3.05) is 13.1 Å². The van der Waals surface area contributed by atoms with E-state index in [9.17, 15) is 13.2 Å². The SMILES string of the molecule is CC(C)N1CCC=C(c2ccc(C(F)(F)F)nc2)C1. The smallest absolute Gasteiger partial charge is 0.296 e. The van der Waals surface area contributed by atoms with Gasteiger partial charge in [-0.3, -0.25) is 9.88 Å². The molecule has 5 heteroatoms. The summed E-state index contributed by atoms with van der Waals surface area (Å²) >= 11 is 0. The summed E-state index contributed by atoms with van der Waals surface area (Å²) in [5.41, 5.74) is 0.993. The third-order valence-electron chi connectivity index (χ3n) is 3.34. The van der Waals surface area contributed by atoms with E-state index >= 15 is 0 Å². The van der Waals surface area contributed by atoms with Gasteiger partial charge in [-0.25, -0.2) is 0 Å². The van der Waals surface area contributed by atoms with Crippen LogP contribution in [0.4, 0.5) is 13.2 Å². The van der Waals surface area contributed by atoms with Crippen molar-refractivity contribution in [2.45, 2.75) is 32.5 Å². The molecule has 0 unspecified atom stereocenters. The minimum Gasteiger partial charge on any atom is -0.296 e. The minimum absolute atomic E-state index is 0.436. The van der Waals surface area contributed by atoms with Gasteiger partial charge in [0.2, 0.25) is 0 Å². The Hall–Kier alpha value is -1.36. The summed E-state index contributed by atoms with van der Waals surface area (Å²) in [5.74, 6) is 0. The van der Waals surface area contributed by atoms with Crippen molar-refractivity contribution in [3.05, 3.63) is 35.7 Å². The molecule has 0 radical (unpaired) electrons. The van der Waals surface area contributed by atoms with E-state index in [1.54, 1.807) is 0 Å². The normalized spacial score (nSPS) is 17.7. The Morgan fingerprint density at radius 2 is 2.00 bits per heavy atom. The van der Waals surface area contributed by atoms with E-state index in [-0.39, 0.29) is 0 Å². The number of nitrogens with zero attached hydrogens (tertiary/aromatic N) is 2. The predicted molar refractivity (Wildman–Crippen MR) is 68.5 cm³/mol. The lowest BCUT2D eigenvalue weighted by Gasteiger charge is -2.30. The second kappa shape index (κ2) is 5.33. The monoisotopic (exact) mass is 270 g/mol. The molecule has 0 saturated carbocycles. The van der Waals surface area contributed by atoms with Gasteiger partial charge in [-0.2, -0.15) is 13.2 Å². The van der Waals surface area contributed by atoms with Gasteiger partial charge in [-0.15, -0.1) is 0 Å². The fourth-order valence-corrected chi connectivity index (χ4v) is 2.17. The summed E-state index contributed by atoms with van der Waals surface area (Å²) in [5, 5.41) is 0. The highest BCUT2D eigenvalue weighted by Crippen LogP contribution is 2.29. The summed E-state index contributed by atoms with van der Waals surface area (Å²) < 4.78 is 37.3. The molecule has 0 aliphatic carbocycles. The van der Waals surface area contributed by atoms with Crippen LogP contribution in [0.5, 0.6) is 0 Å². The number of rotatable bonds is 2. The Morgan fingerprint density at radius 1 is 1.26 bits per heavy atom. The lowest BCUT2D eigenvalue weighted by atomic mass is 10.0. The number of hydrogen-bond donors (Lipinski definition) is 0. The van der Waals surface area contributed by atoms with Gasteiger partial charge in [0, 0.05) is 25.3 Å². The van der Waals surface area contributed by atoms with Crippen LogP contribution in [0.2, 0.25) is 0 Å². The predicted octanol–water partition coefficient (Wildman–Crippen LogP) is 3.60. The lowest BCUT2D eigenvalue weighted by molar-refractivity contribution is -0.141. The summed E-state index contributed by atoms with van der Waals surface area (Å²) in [4.78, 5) is 5.81. The first-order valence-electron chi connectivity index (χ1n) is 6.34. The Morgan fingerprint density at radius 3 is 2.53 bits per heavy atom. The van der Waals surface area contributed by atoms with Crippen molar-refractivity contribution in [1.82, 2.24) is 9.88 Å². The molecule has 0 aromatic carbocycles. The van der Waals surface area contributed by atoms with Crippen molar-refractivity contribution in [2.24, 2.45) is 0 Å². The van der Waals surface area contributed by atoms with Gasteiger partial charge in [-0.1, -0.05) is 12.1 Å². The van der Waals surface area contributed by atoms with Crippen molar-refractivity contribution in [3.63, 3.8) is 0 Å². The zero-order valence-electron chi connectivity index (χ0n) is 11.0. The maximum absolute atomic E-state index is 12.4. The van der Waals surface area contributed by atoms with Crippen LogP contribution in [-0.4, -0.2) is 29.0 Å². The lowest BCUT2D eigenvalue weighted by Crippen LogP contribution is -2.35. The Bertz CT molecular complexity index is 461. The Balaban J connectivity index is 2.17. The first-order valence-corrected chi connectivity index (χ1v) is 6.34. The van der Waals surface area contributed by atoms with Gasteiger partial charge in [0.25, 0.3) is 0 Å². The number of aromatic nitrogens is 1. The van der Waals surface area contributed by atoms with E-state index in [1.165, 1.54) is 12.3 Å². The van der Waals surface area contributed by atoms with Crippen molar-refractivity contribution in [1.29, 1.82) is 0 Å². The first-order chi connectivity index (χ1) is 8.88. The van der Waals surface area contributed by atoms with Crippen LogP contribution in [-0.2, 0) is 6.18 Å². The van der Waals surface area contributed by atoms with Gasteiger partial charge in [0.15, 0.2) is 0 Å². The molecular formula is C14H17F3N2. The van der Waals surface area contributed by atoms with Crippen LogP contribution in [0.15, 0.2) is 24.4 Å². The third kappa shape index (κ3) is 3.35. The average molecular weight is 270 g/mol. The summed E-state index contributed by atoms with van der Waals surface area (Å²) in [7, 11) is 0. The second-order valence-electron chi connectivity index (χ2n) is 5.01. The van der Waals surface area contributed by atoms with E-state index in [2.05, 4.69) is 29.8 Å². The highest BCUT2D eigenvalue weighted by atomic mass is 19.4. The average Bonchev–Trinajstić information content (AvgIpc) is 2.38. The largest absolute Gasteiger partial charge is 0.433 e. The standard InChI is InChI=1S/C14H17F3N2/c1-10(2)19-7-3-4-12(9-19)11-5-6-13(18-8-11)14(15,16)17/h4-6,8,10H,3,7,9H2,1-2H3. The number of alkyl halides is 3. The van der Waals surface area contributed by atoms with E-state index in [0.29, 0.717) is 6.04 Å². The van der Waals surface area contributed by atoms with Crippen molar-refractivity contribution < 1.29 is 13.2 Å². The molecule has 1 aliphatic rings. The molecule has 0 N–H and O–H groups in total. The molecule has 0 saturated heterocycles. The molecular weight excluding hydrogens is 253 g/mol. The molecule has 0 spiro atoms. The van der Waals surface area contributed by atoms with Crippen LogP contribution in [0.1, 0.15) is 31.5 Å². The van der Waals surface area contributed by atoms with E-state index in [0.717, 1.165) is 36.7 Å². The molecule has 1 aliphatic heterocycles. The molecule has 0 bridgehead atoms. The fourth-order valence-electron chi connectivity index (χ4n) is 2.17. The van der Waals surface area contributed by atoms with E-state index in [1.807, 2.05) is 0 Å². The van der Waals surface area contributed by atoms with Crippen LogP contribution >= 0.6 is 0 Å².